The molecule has 0 aliphatic rings. The van der Waals surface area contributed by atoms with Crippen LogP contribution in [0.1, 0.15) is 51.0 Å². The summed E-state index contributed by atoms with van der Waals surface area (Å²) in [6.45, 7) is 11.3. The van der Waals surface area contributed by atoms with E-state index in [4.69, 9.17) is 4.74 Å². The molecule has 23 heavy (non-hydrogen) atoms. The van der Waals surface area contributed by atoms with Gasteiger partial charge in [-0.15, -0.1) is 0 Å². The average molecular weight is 333 g/mol. The Labute approximate surface area is 145 Å². The molecule has 0 aliphatic heterocycles. The Kier molecular flexibility index (Phi) is 10.2. The number of ether oxygens (including phenoxy) is 1. The molecule has 0 N–H and O–H groups in total. The molecule has 1 rings (SSSR count). The monoisotopic (exact) mass is 332 g/mol. The van der Waals surface area contributed by atoms with E-state index in [1.54, 1.807) is 0 Å². The van der Waals surface area contributed by atoms with Crippen LogP contribution in [0.25, 0.3) is 0 Å². The van der Waals surface area contributed by atoms with Gasteiger partial charge in [-0.1, -0.05) is 88.3 Å². The number of hydrogen-bond donors (Lipinski definition) is 0. The highest BCUT2D eigenvalue weighted by Gasteiger charge is 2.23. The Morgan fingerprint density at radius 2 is 1.78 bits per heavy atom. The molecule has 0 saturated heterocycles. The summed E-state index contributed by atoms with van der Waals surface area (Å²) in [7, 11) is -1.16. The van der Waals surface area contributed by atoms with Crippen molar-refractivity contribution in [2.45, 2.75) is 77.2 Å². The second kappa shape index (κ2) is 11.6. The van der Waals surface area contributed by atoms with Gasteiger partial charge in [-0.05, 0) is 30.4 Å². The van der Waals surface area contributed by atoms with Crippen LogP contribution in [0.5, 0.6) is 0 Å². The van der Waals surface area contributed by atoms with E-state index in [2.05, 4.69) is 69.0 Å². The van der Waals surface area contributed by atoms with Crippen molar-refractivity contribution < 1.29 is 4.74 Å². The molecule has 0 radical (unpaired) electrons. The van der Waals surface area contributed by atoms with Crippen LogP contribution in [0.3, 0.4) is 0 Å². The topological polar surface area (TPSA) is 9.23 Å². The maximum Gasteiger partial charge on any atom is 0.0716 e. The van der Waals surface area contributed by atoms with Gasteiger partial charge in [0.25, 0.3) is 0 Å². The lowest BCUT2D eigenvalue weighted by Gasteiger charge is -2.26. The summed E-state index contributed by atoms with van der Waals surface area (Å²) in [5, 5.41) is 0. The van der Waals surface area contributed by atoms with Crippen molar-refractivity contribution in [2.75, 3.05) is 6.61 Å². The Balaban J connectivity index is 2.29. The highest BCUT2D eigenvalue weighted by molar-refractivity contribution is 6.78. The molecule has 0 amide bonds. The molecule has 1 unspecified atom stereocenters. The summed E-state index contributed by atoms with van der Waals surface area (Å²) in [5.41, 5.74) is 1.99. The zero-order valence-electron chi connectivity index (χ0n) is 15.7. The van der Waals surface area contributed by atoms with Gasteiger partial charge in [-0.3, -0.25) is 0 Å². The second-order valence-corrected chi connectivity index (χ2v) is 13.1. The lowest BCUT2D eigenvalue weighted by atomic mass is 10.1. The van der Waals surface area contributed by atoms with Crippen LogP contribution in [0.2, 0.25) is 25.2 Å². The minimum atomic E-state index is -1.16. The first kappa shape index (κ1) is 20.2. The van der Waals surface area contributed by atoms with Crippen LogP contribution in [-0.2, 0) is 11.3 Å². The normalized spacial score (nSPS) is 13.6. The third kappa shape index (κ3) is 9.78. The van der Waals surface area contributed by atoms with Gasteiger partial charge in [-0.2, -0.15) is 0 Å². The Morgan fingerprint density at radius 1 is 1.04 bits per heavy atom. The molecule has 0 fully saturated rings. The quantitative estimate of drug-likeness (QED) is 0.231. The largest absolute Gasteiger partial charge is 0.377 e. The van der Waals surface area contributed by atoms with Crippen molar-refractivity contribution in [3.05, 3.63) is 48.0 Å². The molecular weight excluding hydrogens is 296 g/mol. The molecule has 0 saturated carbocycles. The number of unbranched alkanes of at least 4 members (excludes halogenated alkanes) is 4. The van der Waals surface area contributed by atoms with Gasteiger partial charge in [0.2, 0.25) is 0 Å². The molecule has 2 heteroatoms. The highest BCUT2D eigenvalue weighted by Crippen LogP contribution is 2.27. The molecule has 1 aromatic carbocycles. The first-order valence-electron chi connectivity index (χ1n) is 9.32. The molecule has 1 atom stereocenters. The molecule has 0 heterocycles. The van der Waals surface area contributed by atoms with Crippen LogP contribution >= 0.6 is 0 Å². The van der Waals surface area contributed by atoms with Gasteiger partial charge in [0.15, 0.2) is 0 Å². The van der Waals surface area contributed by atoms with Gasteiger partial charge < -0.3 is 4.74 Å². The first-order valence-corrected chi connectivity index (χ1v) is 12.9. The van der Waals surface area contributed by atoms with Crippen LogP contribution in [-0.4, -0.2) is 14.7 Å². The predicted octanol–water partition coefficient (Wildman–Crippen LogP) is 6.83. The number of benzene rings is 1. The smallest absolute Gasteiger partial charge is 0.0716 e. The fourth-order valence-corrected chi connectivity index (χ4v) is 4.44. The van der Waals surface area contributed by atoms with Gasteiger partial charge in [0, 0.05) is 6.61 Å². The predicted molar refractivity (Wildman–Crippen MR) is 106 cm³/mol. The molecule has 130 valence electrons. The van der Waals surface area contributed by atoms with Gasteiger partial charge in [0.1, 0.15) is 0 Å². The van der Waals surface area contributed by atoms with Crippen LogP contribution in [0.4, 0.5) is 0 Å². The maximum atomic E-state index is 5.89. The van der Waals surface area contributed by atoms with Crippen molar-refractivity contribution in [1.82, 2.24) is 0 Å². The highest BCUT2D eigenvalue weighted by atomic mass is 28.3. The van der Waals surface area contributed by atoms with Gasteiger partial charge in [0.05, 0.1) is 14.7 Å². The number of rotatable bonds is 12. The fourth-order valence-electron chi connectivity index (χ4n) is 2.74. The number of allylic oxidation sites excluding steroid dienone is 2. The van der Waals surface area contributed by atoms with Gasteiger partial charge in [-0.25, -0.2) is 0 Å². The zero-order chi connectivity index (χ0) is 17.0. The lowest BCUT2D eigenvalue weighted by molar-refractivity contribution is 0.119. The SMILES string of the molecule is CCCCCC/C=C/C(CCOCc1ccccc1)[Si](C)(C)C. The minimum Gasteiger partial charge on any atom is -0.377 e. The fraction of sp³-hybridized carbons (Fsp3) is 0.619. The van der Waals surface area contributed by atoms with Crippen LogP contribution in [0.15, 0.2) is 42.5 Å². The third-order valence-electron chi connectivity index (χ3n) is 4.39. The van der Waals surface area contributed by atoms with Crippen LogP contribution < -0.4 is 0 Å². The Morgan fingerprint density at radius 3 is 2.43 bits per heavy atom. The van der Waals surface area contributed by atoms with E-state index in [-0.39, 0.29) is 0 Å². The summed E-state index contributed by atoms with van der Waals surface area (Å²) in [6.07, 6.45) is 12.7. The summed E-state index contributed by atoms with van der Waals surface area (Å²) in [6, 6.07) is 10.5. The molecule has 0 aliphatic carbocycles. The van der Waals surface area contributed by atoms with Crippen LogP contribution in [0, 0.1) is 0 Å². The van der Waals surface area contributed by atoms with E-state index in [1.807, 2.05) is 0 Å². The molecule has 1 nitrogen and oxygen atoms in total. The van der Waals surface area contributed by atoms with E-state index in [0.717, 1.165) is 25.2 Å². The second-order valence-electron chi connectivity index (χ2n) is 7.58. The average Bonchev–Trinajstić information content (AvgIpc) is 2.52. The summed E-state index contributed by atoms with van der Waals surface area (Å²) < 4.78 is 5.89. The van der Waals surface area contributed by atoms with Crippen molar-refractivity contribution >= 4 is 8.07 Å². The standard InChI is InChI=1S/C21H36OSi/c1-5-6-7-8-9-13-16-21(23(2,3)4)17-18-22-19-20-14-11-10-12-15-20/h10-16,21H,5-9,17-19H2,1-4H3/b16-13+. The van der Waals surface area contributed by atoms with Crippen molar-refractivity contribution in [2.24, 2.45) is 0 Å². The van der Waals surface area contributed by atoms with E-state index in [9.17, 15) is 0 Å². The lowest BCUT2D eigenvalue weighted by Crippen LogP contribution is -2.27. The van der Waals surface area contributed by atoms with Crippen molar-refractivity contribution in [3.8, 4) is 0 Å². The third-order valence-corrected chi connectivity index (χ3v) is 7.10. The Bertz CT molecular complexity index is 419. The summed E-state index contributed by atoms with van der Waals surface area (Å²) in [5.74, 6) is 0. The first-order chi connectivity index (χ1) is 11.0. The Hall–Kier alpha value is -0.863. The van der Waals surface area contributed by atoms with Crippen molar-refractivity contribution in [1.29, 1.82) is 0 Å². The summed E-state index contributed by atoms with van der Waals surface area (Å²) >= 11 is 0. The van der Waals surface area contributed by atoms with Gasteiger partial charge >= 0.3 is 0 Å². The zero-order valence-corrected chi connectivity index (χ0v) is 16.7. The molecule has 0 bridgehead atoms. The van der Waals surface area contributed by atoms with E-state index in [1.165, 1.54) is 37.7 Å². The maximum absolute atomic E-state index is 5.89. The molecule has 0 spiro atoms. The van der Waals surface area contributed by atoms with E-state index in [0.29, 0.717) is 0 Å². The minimum absolute atomic E-state index is 0.726. The van der Waals surface area contributed by atoms with E-state index >= 15 is 0 Å². The van der Waals surface area contributed by atoms with E-state index < -0.39 is 8.07 Å². The number of hydrogen-bond acceptors (Lipinski definition) is 1. The molecule has 1 aromatic rings. The summed E-state index contributed by atoms with van der Waals surface area (Å²) in [4.78, 5) is 0. The molecule has 0 aromatic heterocycles. The molecular formula is C21H36OSi. The van der Waals surface area contributed by atoms with Crippen molar-refractivity contribution in [3.63, 3.8) is 0 Å².